The molecule has 1 heterocycles. The molecule has 4 nitrogen and oxygen atoms in total. The van der Waals surface area contributed by atoms with Crippen LogP contribution in [0.1, 0.15) is 118 Å². The zero-order valence-corrected chi connectivity index (χ0v) is 22.0. The van der Waals surface area contributed by atoms with Gasteiger partial charge in [0.05, 0.1) is 5.69 Å². The van der Waals surface area contributed by atoms with Crippen molar-refractivity contribution in [2.75, 3.05) is 6.61 Å². The number of aliphatic hydroxyl groups is 1. The van der Waals surface area contributed by atoms with E-state index in [-0.39, 0.29) is 18.3 Å². The molecule has 2 aromatic rings. The Morgan fingerprint density at radius 2 is 1.97 bits per heavy atom. The van der Waals surface area contributed by atoms with Gasteiger partial charge in [0.2, 0.25) is 0 Å². The van der Waals surface area contributed by atoms with E-state index >= 15 is 0 Å². The molecule has 0 radical (unpaired) electrons. The fraction of sp³-hybridized carbons (Fsp3) is 0.655. The Balaban J connectivity index is 1.49. The third kappa shape index (κ3) is 6.31. The van der Waals surface area contributed by atoms with Crippen LogP contribution in [0, 0.1) is 18.3 Å². The Bertz CT molecular complexity index is 995. The van der Waals surface area contributed by atoms with Gasteiger partial charge in [-0.15, -0.1) is 0 Å². The van der Waals surface area contributed by atoms with E-state index in [4.69, 9.17) is 16.1 Å². The molecule has 0 aliphatic heterocycles. The Morgan fingerprint density at radius 1 is 1.24 bits per heavy atom. The lowest BCUT2D eigenvalue weighted by molar-refractivity contribution is -0.118. The molecule has 1 atom stereocenters. The lowest BCUT2D eigenvalue weighted by Crippen LogP contribution is -2.26. The molecular formula is C29H40ClNO3. The average molecular weight is 486 g/mol. The van der Waals surface area contributed by atoms with Crippen molar-refractivity contribution in [2.24, 2.45) is 11.3 Å². The Morgan fingerprint density at radius 3 is 2.59 bits per heavy atom. The number of hydrogen-bond donors (Lipinski definition) is 1. The summed E-state index contributed by atoms with van der Waals surface area (Å²) in [5.74, 6) is 2.99. The largest absolute Gasteiger partial charge is 0.396 e. The highest BCUT2D eigenvalue weighted by Crippen LogP contribution is 2.53. The van der Waals surface area contributed by atoms with Crippen molar-refractivity contribution in [3.63, 3.8) is 0 Å². The van der Waals surface area contributed by atoms with Gasteiger partial charge in [0.15, 0.2) is 0 Å². The number of aromatic nitrogens is 1. The summed E-state index contributed by atoms with van der Waals surface area (Å²) < 4.78 is 6.03. The van der Waals surface area contributed by atoms with E-state index in [1.807, 2.05) is 25.1 Å². The van der Waals surface area contributed by atoms with Crippen LogP contribution in [-0.2, 0) is 11.2 Å². The van der Waals surface area contributed by atoms with Crippen molar-refractivity contribution in [1.82, 2.24) is 5.16 Å². The van der Waals surface area contributed by atoms with E-state index in [9.17, 15) is 9.90 Å². The number of Topliss-reactive ketones (excluding diaryl/α,β-unsaturated/α-hetero) is 1. The van der Waals surface area contributed by atoms with Crippen molar-refractivity contribution in [2.45, 2.75) is 103 Å². The van der Waals surface area contributed by atoms with Gasteiger partial charge in [0, 0.05) is 41.9 Å². The van der Waals surface area contributed by atoms with E-state index in [1.54, 1.807) is 0 Å². The first kappa shape index (κ1) is 25.4. The number of benzene rings is 1. The summed E-state index contributed by atoms with van der Waals surface area (Å²) in [5, 5.41) is 14.7. The molecular weight excluding hydrogens is 446 g/mol. The van der Waals surface area contributed by atoms with Crippen LogP contribution in [0.15, 0.2) is 22.7 Å². The van der Waals surface area contributed by atoms with Crippen LogP contribution in [0.3, 0.4) is 0 Å². The number of nitrogens with zero attached hydrogens (tertiary/aromatic N) is 1. The Hall–Kier alpha value is -1.65. The van der Waals surface area contributed by atoms with Crippen LogP contribution in [-0.4, -0.2) is 22.7 Å². The quantitative estimate of drug-likeness (QED) is 0.357. The van der Waals surface area contributed by atoms with Gasteiger partial charge in [0.1, 0.15) is 11.5 Å². The van der Waals surface area contributed by atoms with Crippen molar-refractivity contribution in [3.05, 3.63) is 51.4 Å². The number of hydrogen-bond acceptors (Lipinski definition) is 4. The molecule has 2 saturated carbocycles. The van der Waals surface area contributed by atoms with Crippen LogP contribution < -0.4 is 0 Å². The molecule has 0 unspecified atom stereocenters. The first-order valence-corrected chi connectivity index (χ1v) is 13.4. The number of carbonyl (C=O) groups is 1. The molecule has 5 heteroatoms. The highest BCUT2D eigenvalue weighted by molar-refractivity contribution is 6.31. The molecule has 2 fully saturated rings. The minimum absolute atomic E-state index is 0.0116. The molecule has 0 bridgehead atoms. The zero-order valence-electron chi connectivity index (χ0n) is 21.2. The normalized spacial score (nSPS) is 21.4. The summed E-state index contributed by atoms with van der Waals surface area (Å²) in [6, 6.07) is 5.86. The van der Waals surface area contributed by atoms with Gasteiger partial charge in [-0.25, -0.2) is 0 Å². The standard InChI is InChI=1S/C29H40ClNO3/c1-18-7-8-21(25(30)12-18)15-24(33)16-22(6-5-11-32)27-26(20-9-10-20)28(34-31-27)23-13-19(14-23)17-29(2,3)4/h7-8,12,19-20,22-23,32H,5-6,9-11,13-17H2,1-4H3/t19?,22-,23?/m0/s1. The molecule has 0 spiro atoms. The number of carbonyl (C=O) groups excluding carboxylic acids is 1. The van der Waals surface area contributed by atoms with Crippen LogP contribution in [0.2, 0.25) is 5.02 Å². The van der Waals surface area contributed by atoms with Gasteiger partial charge in [-0.05, 0) is 86.3 Å². The number of aliphatic hydroxyl groups excluding tert-OH is 1. The van der Waals surface area contributed by atoms with Crippen molar-refractivity contribution < 1.29 is 14.4 Å². The molecule has 1 N–H and O–H groups in total. The summed E-state index contributed by atoms with van der Waals surface area (Å²) in [7, 11) is 0. The van der Waals surface area contributed by atoms with Gasteiger partial charge in [-0.2, -0.15) is 0 Å². The highest BCUT2D eigenvalue weighted by Gasteiger charge is 2.42. The van der Waals surface area contributed by atoms with Crippen molar-refractivity contribution in [1.29, 1.82) is 0 Å². The smallest absolute Gasteiger partial charge is 0.143 e. The molecule has 0 amide bonds. The van der Waals surface area contributed by atoms with Gasteiger partial charge >= 0.3 is 0 Å². The second-order valence-electron chi connectivity index (χ2n) is 12.0. The summed E-state index contributed by atoms with van der Waals surface area (Å²) in [4.78, 5) is 13.1. The number of aryl methyl sites for hydroxylation is 1. The minimum Gasteiger partial charge on any atom is -0.396 e. The number of rotatable bonds is 11. The first-order chi connectivity index (χ1) is 16.1. The molecule has 0 saturated heterocycles. The maximum atomic E-state index is 13.1. The zero-order chi connectivity index (χ0) is 24.5. The molecule has 186 valence electrons. The van der Waals surface area contributed by atoms with Crippen LogP contribution >= 0.6 is 11.6 Å². The topological polar surface area (TPSA) is 63.3 Å². The predicted octanol–water partition coefficient (Wildman–Crippen LogP) is 7.50. The Labute approximate surface area is 209 Å². The second kappa shape index (κ2) is 10.5. The lowest BCUT2D eigenvalue weighted by Gasteiger charge is -2.38. The first-order valence-electron chi connectivity index (χ1n) is 13.0. The number of ketones is 1. The van der Waals surface area contributed by atoms with Crippen molar-refractivity contribution in [3.8, 4) is 0 Å². The lowest BCUT2D eigenvalue weighted by atomic mass is 9.66. The Kier molecular flexibility index (Phi) is 7.89. The van der Waals surface area contributed by atoms with Gasteiger partial charge in [-0.3, -0.25) is 4.79 Å². The predicted molar refractivity (Wildman–Crippen MR) is 137 cm³/mol. The fourth-order valence-corrected chi connectivity index (χ4v) is 6.01. The van der Waals surface area contributed by atoms with Crippen molar-refractivity contribution >= 4 is 17.4 Å². The van der Waals surface area contributed by atoms with Gasteiger partial charge in [-0.1, -0.05) is 49.7 Å². The van der Waals surface area contributed by atoms with Crippen LogP contribution in [0.25, 0.3) is 0 Å². The van der Waals surface area contributed by atoms with E-state index in [0.717, 1.165) is 34.9 Å². The second-order valence-corrected chi connectivity index (χ2v) is 12.4. The highest BCUT2D eigenvalue weighted by atomic mass is 35.5. The van der Waals surface area contributed by atoms with Crippen LogP contribution in [0.5, 0.6) is 0 Å². The van der Waals surface area contributed by atoms with Gasteiger partial charge < -0.3 is 9.63 Å². The summed E-state index contributed by atoms with van der Waals surface area (Å²) in [6.07, 6.45) is 8.11. The average Bonchev–Trinajstić information content (AvgIpc) is 3.48. The van der Waals surface area contributed by atoms with E-state index in [1.165, 1.54) is 37.7 Å². The van der Waals surface area contributed by atoms with E-state index in [0.29, 0.717) is 41.5 Å². The molecule has 4 rings (SSSR count). The summed E-state index contributed by atoms with van der Waals surface area (Å²) in [6.45, 7) is 9.06. The van der Waals surface area contributed by atoms with E-state index in [2.05, 4.69) is 25.9 Å². The third-order valence-corrected chi connectivity index (χ3v) is 7.80. The SMILES string of the molecule is Cc1ccc(CC(=O)C[C@H](CCCO)c2noc(C3CC(CC(C)(C)C)C3)c2C2CC2)c(Cl)c1. The minimum atomic E-state index is -0.0116. The van der Waals surface area contributed by atoms with Crippen LogP contribution in [0.4, 0.5) is 0 Å². The maximum absolute atomic E-state index is 13.1. The summed E-state index contributed by atoms with van der Waals surface area (Å²) >= 11 is 6.39. The van der Waals surface area contributed by atoms with E-state index < -0.39 is 0 Å². The van der Waals surface area contributed by atoms with Gasteiger partial charge in [0.25, 0.3) is 0 Å². The summed E-state index contributed by atoms with van der Waals surface area (Å²) in [5.41, 5.74) is 4.60. The molecule has 34 heavy (non-hydrogen) atoms. The molecule has 2 aliphatic rings. The third-order valence-electron chi connectivity index (χ3n) is 7.44. The molecule has 1 aromatic carbocycles. The fourth-order valence-electron chi connectivity index (χ4n) is 5.70. The number of halogens is 1. The monoisotopic (exact) mass is 485 g/mol. The maximum Gasteiger partial charge on any atom is 0.143 e. The molecule has 1 aromatic heterocycles. The molecule has 2 aliphatic carbocycles.